The molecule has 5 nitrogen and oxygen atoms in total. The Bertz CT molecular complexity index is 679. The van der Waals surface area contributed by atoms with Crippen LogP contribution in [0.2, 0.25) is 0 Å². The number of aromatic amines is 1. The van der Waals surface area contributed by atoms with E-state index in [0.717, 1.165) is 24.7 Å². The summed E-state index contributed by atoms with van der Waals surface area (Å²) in [7, 11) is 0. The molecule has 3 rings (SSSR count). The molecular weight excluding hydrogens is 302 g/mol. The van der Waals surface area contributed by atoms with Gasteiger partial charge >= 0.3 is 0 Å². The minimum Gasteiger partial charge on any atom is -0.492 e. The molecule has 1 fully saturated rings. The molecule has 1 aromatic carbocycles. The predicted octanol–water partition coefficient (Wildman–Crippen LogP) is 2.22. The van der Waals surface area contributed by atoms with Crippen molar-refractivity contribution < 1.29 is 14.5 Å². The van der Waals surface area contributed by atoms with Crippen molar-refractivity contribution in [2.45, 2.75) is 19.8 Å². The van der Waals surface area contributed by atoms with Crippen LogP contribution in [0.25, 0.3) is 0 Å². The lowest BCUT2D eigenvalue weighted by Gasteiger charge is -2.13. The molecular formula is C19H24N3O2+. The fourth-order valence-corrected chi connectivity index (χ4v) is 2.88. The summed E-state index contributed by atoms with van der Waals surface area (Å²) < 4.78 is 5.64. The van der Waals surface area contributed by atoms with E-state index in [-0.39, 0.29) is 5.91 Å². The van der Waals surface area contributed by atoms with Crippen molar-refractivity contribution in [3.8, 4) is 5.75 Å². The fourth-order valence-electron chi connectivity index (χ4n) is 2.88. The van der Waals surface area contributed by atoms with Gasteiger partial charge in [0.25, 0.3) is 11.7 Å². The standard InChI is InChI=1S/C19H23N3O2/c1-15-6-8-16(9-7-15)24-14-11-21-19(23)17-5-4-10-20-18(17)22-12-2-3-13-22/h4-10H,2-3,11-14H2,1H3,(H,21,23)/p+1. The van der Waals surface area contributed by atoms with E-state index in [1.54, 1.807) is 0 Å². The van der Waals surface area contributed by atoms with Gasteiger partial charge in [-0.25, -0.2) is 4.98 Å². The van der Waals surface area contributed by atoms with Crippen LogP contribution in [-0.4, -0.2) is 32.1 Å². The van der Waals surface area contributed by atoms with Crippen molar-refractivity contribution in [1.82, 2.24) is 5.32 Å². The number of aryl methyl sites for hydroxylation is 1. The van der Waals surface area contributed by atoms with Crippen LogP contribution < -0.4 is 19.9 Å². The maximum atomic E-state index is 12.5. The number of aromatic nitrogens is 1. The van der Waals surface area contributed by atoms with E-state index < -0.39 is 0 Å². The number of nitrogens with one attached hydrogen (secondary N) is 2. The summed E-state index contributed by atoms with van der Waals surface area (Å²) in [6.07, 6.45) is 4.22. The second kappa shape index (κ2) is 7.81. The number of H-pyrrole nitrogens is 1. The second-order valence-corrected chi connectivity index (χ2v) is 6.04. The lowest BCUT2D eigenvalue weighted by Crippen LogP contribution is -2.33. The van der Waals surface area contributed by atoms with Gasteiger partial charge in [0.05, 0.1) is 25.8 Å². The quantitative estimate of drug-likeness (QED) is 0.828. The average molecular weight is 326 g/mol. The largest absolute Gasteiger partial charge is 0.492 e. The molecule has 24 heavy (non-hydrogen) atoms. The summed E-state index contributed by atoms with van der Waals surface area (Å²) in [4.78, 5) is 17.9. The van der Waals surface area contributed by atoms with Gasteiger partial charge in [-0.15, -0.1) is 0 Å². The summed E-state index contributed by atoms with van der Waals surface area (Å²) >= 11 is 0. The summed E-state index contributed by atoms with van der Waals surface area (Å²) in [6.45, 7) is 4.96. The van der Waals surface area contributed by atoms with E-state index in [2.05, 4.69) is 15.2 Å². The number of carbonyl (C=O) groups is 1. The topological polar surface area (TPSA) is 55.7 Å². The van der Waals surface area contributed by atoms with E-state index in [1.165, 1.54) is 18.4 Å². The van der Waals surface area contributed by atoms with Crippen molar-refractivity contribution in [2.75, 3.05) is 31.1 Å². The first-order chi connectivity index (χ1) is 11.7. The molecule has 0 radical (unpaired) electrons. The molecule has 126 valence electrons. The highest BCUT2D eigenvalue weighted by Crippen LogP contribution is 2.19. The Hall–Kier alpha value is -2.56. The number of ether oxygens (including phenoxy) is 1. The van der Waals surface area contributed by atoms with Gasteiger partial charge < -0.3 is 10.1 Å². The third-order valence-electron chi connectivity index (χ3n) is 4.18. The van der Waals surface area contributed by atoms with Gasteiger partial charge in [-0.2, -0.15) is 0 Å². The maximum absolute atomic E-state index is 12.5. The van der Waals surface area contributed by atoms with Crippen LogP contribution in [-0.2, 0) is 0 Å². The van der Waals surface area contributed by atoms with Gasteiger partial charge in [0.1, 0.15) is 17.9 Å². The minimum atomic E-state index is -0.0683. The molecule has 0 saturated carbocycles. The van der Waals surface area contributed by atoms with Gasteiger partial charge in [-0.05, 0) is 44.0 Å². The molecule has 0 atom stereocenters. The molecule has 1 saturated heterocycles. The number of carbonyl (C=O) groups excluding carboxylic acids is 1. The minimum absolute atomic E-state index is 0.0683. The fraction of sp³-hybridized carbons (Fsp3) is 0.368. The Balaban J connectivity index is 1.52. The van der Waals surface area contributed by atoms with Gasteiger partial charge in [-0.3, -0.25) is 9.69 Å². The Labute approximate surface area is 142 Å². The Kier molecular flexibility index (Phi) is 5.31. The molecule has 0 spiro atoms. The zero-order valence-electron chi connectivity index (χ0n) is 14.0. The zero-order valence-corrected chi connectivity index (χ0v) is 14.0. The second-order valence-electron chi connectivity index (χ2n) is 6.04. The van der Waals surface area contributed by atoms with Gasteiger partial charge in [0.15, 0.2) is 0 Å². The molecule has 1 amide bonds. The number of hydrogen-bond donors (Lipinski definition) is 1. The average Bonchev–Trinajstić information content (AvgIpc) is 3.14. The molecule has 2 heterocycles. The summed E-state index contributed by atoms with van der Waals surface area (Å²) in [6, 6.07) is 11.6. The molecule has 1 aliphatic heterocycles. The van der Waals surface area contributed by atoms with E-state index in [1.807, 2.05) is 49.5 Å². The van der Waals surface area contributed by atoms with E-state index >= 15 is 0 Å². The summed E-state index contributed by atoms with van der Waals surface area (Å²) in [5, 5.41) is 2.93. The summed E-state index contributed by atoms with van der Waals surface area (Å²) in [5.74, 6) is 1.66. The van der Waals surface area contributed by atoms with Crippen molar-refractivity contribution in [2.24, 2.45) is 0 Å². The molecule has 1 aliphatic rings. The number of nitrogens with zero attached hydrogens (tertiary/aromatic N) is 1. The van der Waals surface area contributed by atoms with Crippen LogP contribution >= 0.6 is 0 Å². The van der Waals surface area contributed by atoms with Crippen LogP contribution in [0.3, 0.4) is 0 Å². The van der Waals surface area contributed by atoms with Crippen molar-refractivity contribution >= 4 is 11.7 Å². The van der Waals surface area contributed by atoms with E-state index in [0.29, 0.717) is 18.7 Å². The van der Waals surface area contributed by atoms with Crippen molar-refractivity contribution in [1.29, 1.82) is 0 Å². The molecule has 0 bridgehead atoms. The zero-order chi connectivity index (χ0) is 16.8. The van der Waals surface area contributed by atoms with Crippen molar-refractivity contribution in [3.05, 3.63) is 53.7 Å². The molecule has 2 N–H and O–H groups in total. The molecule has 5 heteroatoms. The third kappa shape index (κ3) is 4.04. The van der Waals surface area contributed by atoms with Crippen LogP contribution in [0.4, 0.5) is 5.82 Å². The Morgan fingerprint density at radius 3 is 2.71 bits per heavy atom. The van der Waals surface area contributed by atoms with Gasteiger partial charge in [0.2, 0.25) is 0 Å². The SMILES string of the molecule is Cc1ccc(OCCNC(=O)c2ccc[nH+]c2N2CCCC2)cc1. The number of benzene rings is 1. The molecule has 0 aliphatic carbocycles. The lowest BCUT2D eigenvalue weighted by molar-refractivity contribution is -0.364. The van der Waals surface area contributed by atoms with Crippen LogP contribution in [0, 0.1) is 6.92 Å². The first kappa shape index (κ1) is 16.3. The van der Waals surface area contributed by atoms with Crippen LogP contribution in [0.1, 0.15) is 28.8 Å². The monoisotopic (exact) mass is 326 g/mol. The normalized spacial score (nSPS) is 13.8. The Morgan fingerprint density at radius 1 is 1.21 bits per heavy atom. The number of amides is 1. The van der Waals surface area contributed by atoms with Gasteiger partial charge in [0, 0.05) is 0 Å². The molecule has 2 aromatic rings. The smallest absolute Gasteiger partial charge is 0.287 e. The molecule has 0 unspecified atom stereocenters. The third-order valence-corrected chi connectivity index (χ3v) is 4.18. The van der Waals surface area contributed by atoms with Crippen LogP contribution in [0.5, 0.6) is 5.75 Å². The highest BCUT2D eigenvalue weighted by atomic mass is 16.5. The molecule has 1 aromatic heterocycles. The van der Waals surface area contributed by atoms with E-state index in [9.17, 15) is 4.79 Å². The highest BCUT2D eigenvalue weighted by Gasteiger charge is 2.26. The highest BCUT2D eigenvalue weighted by molar-refractivity contribution is 5.98. The number of anilines is 1. The van der Waals surface area contributed by atoms with E-state index in [4.69, 9.17) is 4.74 Å². The predicted molar refractivity (Wildman–Crippen MR) is 93.5 cm³/mol. The van der Waals surface area contributed by atoms with Crippen LogP contribution in [0.15, 0.2) is 42.6 Å². The maximum Gasteiger partial charge on any atom is 0.287 e. The number of hydrogen-bond acceptors (Lipinski definition) is 3. The first-order valence-electron chi connectivity index (χ1n) is 8.47. The number of rotatable bonds is 6. The Morgan fingerprint density at radius 2 is 1.96 bits per heavy atom. The van der Waals surface area contributed by atoms with Crippen molar-refractivity contribution in [3.63, 3.8) is 0 Å². The van der Waals surface area contributed by atoms with Gasteiger partial charge in [-0.1, -0.05) is 17.7 Å². The number of pyridine rings is 1. The first-order valence-corrected chi connectivity index (χ1v) is 8.47. The summed E-state index contributed by atoms with van der Waals surface area (Å²) in [5.41, 5.74) is 1.89. The lowest BCUT2D eigenvalue weighted by atomic mass is 10.2.